The van der Waals surface area contributed by atoms with Crippen LogP contribution in [0.4, 0.5) is 16.2 Å². The van der Waals surface area contributed by atoms with Gasteiger partial charge in [0.15, 0.2) is 5.16 Å². The number of para-hydroxylation sites is 2. The van der Waals surface area contributed by atoms with E-state index in [0.717, 1.165) is 38.5 Å². The van der Waals surface area contributed by atoms with Crippen molar-refractivity contribution in [1.82, 2.24) is 9.97 Å². The fourth-order valence-corrected chi connectivity index (χ4v) is 5.08. The van der Waals surface area contributed by atoms with Crippen LogP contribution in [0.1, 0.15) is 0 Å². The number of fused-ring (bicyclic) bond motifs is 2. The molecule has 1 aliphatic heterocycles. The number of rotatable bonds is 2. The Morgan fingerprint density at radius 2 is 1.47 bits per heavy atom. The molecule has 5 nitrogen and oxygen atoms in total. The summed E-state index contributed by atoms with van der Waals surface area (Å²) in [4.78, 5) is 36.4. The zero-order valence-corrected chi connectivity index (χ0v) is 17.2. The number of anilines is 2. The van der Waals surface area contributed by atoms with Crippen LogP contribution in [-0.2, 0) is 0 Å². The predicted octanol–water partition coefficient (Wildman–Crippen LogP) is 5.95. The van der Waals surface area contributed by atoms with Crippen LogP contribution in [0.2, 0.25) is 0 Å². The first-order chi connectivity index (χ1) is 14.7. The molecule has 30 heavy (non-hydrogen) atoms. The largest absolute Gasteiger partial charge is 0.301 e. The van der Waals surface area contributed by atoms with Gasteiger partial charge in [0.25, 0.3) is 10.8 Å². The molecule has 0 fully saturated rings. The van der Waals surface area contributed by atoms with E-state index < -0.39 is 0 Å². The Hall–Kier alpha value is -3.29. The predicted molar refractivity (Wildman–Crippen MR) is 121 cm³/mol. The Bertz CT molecular complexity index is 1260. The molecule has 0 bridgehead atoms. The summed E-state index contributed by atoms with van der Waals surface area (Å²) in [6, 6.07) is 26.4. The van der Waals surface area contributed by atoms with Gasteiger partial charge in [0.1, 0.15) is 0 Å². The number of nitrogens with zero attached hydrogens (tertiary/aromatic N) is 2. The van der Waals surface area contributed by atoms with Crippen molar-refractivity contribution in [2.75, 3.05) is 4.90 Å². The first-order valence-corrected chi connectivity index (χ1v) is 10.9. The molecule has 7 heteroatoms. The lowest BCUT2D eigenvalue weighted by molar-refractivity contribution is 0.266. The number of aromatic nitrogens is 2. The summed E-state index contributed by atoms with van der Waals surface area (Å²) in [5.41, 5.74) is 2.70. The lowest BCUT2D eigenvalue weighted by Gasteiger charge is -2.30. The number of hydrogen-bond donors (Lipinski definition) is 1. The van der Waals surface area contributed by atoms with E-state index in [1.807, 2.05) is 78.9 Å². The number of H-pyrrole nitrogens is 1. The average molecular weight is 430 g/mol. The van der Waals surface area contributed by atoms with E-state index in [0.29, 0.717) is 5.69 Å². The van der Waals surface area contributed by atoms with Gasteiger partial charge in [-0.2, -0.15) is 0 Å². The van der Waals surface area contributed by atoms with Crippen molar-refractivity contribution in [3.63, 3.8) is 0 Å². The van der Waals surface area contributed by atoms with Crippen molar-refractivity contribution in [3.05, 3.63) is 95.3 Å². The van der Waals surface area contributed by atoms with Gasteiger partial charge in [0, 0.05) is 33.2 Å². The van der Waals surface area contributed by atoms with Crippen LogP contribution >= 0.6 is 23.5 Å². The second-order valence-corrected chi connectivity index (χ2v) is 8.57. The molecule has 3 aromatic carbocycles. The molecule has 4 aromatic rings. The molecule has 2 heterocycles. The van der Waals surface area contributed by atoms with Crippen LogP contribution in [0.5, 0.6) is 0 Å². The monoisotopic (exact) mass is 429 g/mol. The highest BCUT2D eigenvalue weighted by molar-refractivity contribution is 8.13. The molecule has 146 valence electrons. The maximum absolute atomic E-state index is 13.4. The van der Waals surface area contributed by atoms with E-state index in [1.54, 1.807) is 16.7 Å². The van der Waals surface area contributed by atoms with E-state index >= 15 is 0 Å². The van der Waals surface area contributed by atoms with Crippen molar-refractivity contribution < 1.29 is 4.79 Å². The molecule has 1 N–H and O–H groups in total. The summed E-state index contributed by atoms with van der Waals surface area (Å²) in [5, 5.41) is 0.0307. The van der Waals surface area contributed by atoms with Gasteiger partial charge >= 0.3 is 0 Å². The molecule has 0 spiro atoms. The first kappa shape index (κ1) is 18.7. The zero-order valence-electron chi connectivity index (χ0n) is 15.6. The number of carbonyl (C=O) groups excluding carboxylic acids is 1. The molecule has 1 amide bonds. The number of benzene rings is 3. The standard InChI is InChI=1S/C23H15N3O2S2/c27-21-14-16(15-8-2-1-3-9-15)24-22(25-21)30-23(28)26-17-10-4-6-12-19(17)29-20-13-7-5-11-18(20)26/h1-14H,(H,24,25,27). The van der Waals surface area contributed by atoms with Gasteiger partial charge in [-0.1, -0.05) is 66.4 Å². The van der Waals surface area contributed by atoms with Crippen molar-refractivity contribution >= 4 is 40.1 Å². The molecule has 0 saturated carbocycles. The van der Waals surface area contributed by atoms with Gasteiger partial charge in [0.2, 0.25) is 0 Å². The molecule has 0 radical (unpaired) electrons. The summed E-state index contributed by atoms with van der Waals surface area (Å²) in [5.74, 6) is 0. The molecule has 5 rings (SSSR count). The van der Waals surface area contributed by atoms with Gasteiger partial charge in [-0.3, -0.25) is 14.5 Å². The molecular formula is C23H15N3O2S2. The van der Waals surface area contributed by atoms with E-state index in [-0.39, 0.29) is 16.0 Å². The van der Waals surface area contributed by atoms with Gasteiger partial charge in [-0.25, -0.2) is 4.98 Å². The molecular weight excluding hydrogens is 414 g/mol. The Kier molecular flexibility index (Phi) is 4.90. The topological polar surface area (TPSA) is 66.1 Å². The third-order valence-electron chi connectivity index (χ3n) is 4.59. The van der Waals surface area contributed by atoms with Crippen LogP contribution in [0.15, 0.2) is 105 Å². The highest BCUT2D eigenvalue weighted by Crippen LogP contribution is 2.49. The van der Waals surface area contributed by atoms with Crippen molar-refractivity contribution in [2.24, 2.45) is 0 Å². The van der Waals surface area contributed by atoms with Crippen molar-refractivity contribution in [1.29, 1.82) is 0 Å². The fraction of sp³-hybridized carbons (Fsp3) is 0. The number of amides is 1. The summed E-state index contributed by atoms with van der Waals surface area (Å²) in [7, 11) is 0. The normalized spacial score (nSPS) is 12.2. The van der Waals surface area contributed by atoms with E-state index in [4.69, 9.17) is 0 Å². The molecule has 0 aliphatic carbocycles. The third-order valence-corrected chi connectivity index (χ3v) is 6.46. The second kappa shape index (κ2) is 7.85. The Morgan fingerprint density at radius 3 is 2.13 bits per heavy atom. The maximum Gasteiger partial charge on any atom is 0.298 e. The van der Waals surface area contributed by atoms with Crippen LogP contribution in [0, 0.1) is 0 Å². The van der Waals surface area contributed by atoms with Crippen LogP contribution in [0.25, 0.3) is 11.3 Å². The third kappa shape index (κ3) is 3.53. The molecule has 0 unspecified atom stereocenters. The van der Waals surface area contributed by atoms with Crippen molar-refractivity contribution in [3.8, 4) is 11.3 Å². The maximum atomic E-state index is 13.4. The SMILES string of the molecule is O=C(Sc1nc(-c2ccccc2)cc(=O)[nH]1)N1c2ccccc2Sc2ccccc21. The fourth-order valence-electron chi connectivity index (χ4n) is 3.27. The van der Waals surface area contributed by atoms with Gasteiger partial charge in [0.05, 0.1) is 17.1 Å². The summed E-state index contributed by atoms with van der Waals surface area (Å²) >= 11 is 2.55. The van der Waals surface area contributed by atoms with Crippen LogP contribution < -0.4 is 10.5 Å². The van der Waals surface area contributed by atoms with Gasteiger partial charge in [-0.05, 0) is 24.3 Å². The minimum atomic E-state index is -0.297. The number of hydrogen-bond acceptors (Lipinski definition) is 5. The molecule has 0 atom stereocenters. The van der Waals surface area contributed by atoms with Gasteiger partial charge < -0.3 is 4.98 Å². The molecule has 1 aromatic heterocycles. The minimum Gasteiger partial charge on any atom is -0.301 e. The first-order valence-electron chi connectivity index (χ1n) is 9.24. The number of aromatic amines is 1. The summed E-state index contributed by atoms with van der Waals surface area (Å²) < 4.78 is 0. The molecule has 1 aliphatic rings. The highest BCUT2D eigenvalue weighted by atomic mass is 32.2. The van der Waals surface area contributed by atoms with Gasteiger partial charge in [-0.15, -0.1) is 0 Å². The summed E-state index contributed by atoms with van der Waals surface area (Å²) in [6.45, 7) is 0. The lowest BCUT2D eigenvalue weighted by atomic mass is 10.1. The number of carbonyl (C=O) groups is 1. The van der Waals surface area contributed by atoms with E-state index in [2.05, 4.69) is 9.97 Å². The average Bonchev–Trinajstić information content (AvgIpc) is 2.77. The molecule has 0 saturated heterocycles. The quantitative estimate of drug-likeness (QED) is 0.315. The van der Waals surface area contributed by atoms with Crippen LogP contribution in [-0.4, -0.2) is 15.2 Å². The Labute approximate surface area is 181 Å². The van der Waals surface area contributed by atoms with E-state index in [1.165, 1.54) is 6.07 Å². The summed E-state index contributed by atoms with van der Waals surface area (Å²) in [6.07, 6.45) is 0. The zero-order chi connectivity index (χ0) is 20.5. The second-order valence-electron chi connectivity index (χ2n) is 6.54. The number of nitrogens with one attached hydrogen (secondary N) is 1. The van der Waals surface area contributed by atoms with E-state index in [9.17, 15) is 9.59 Å². The van der Waals surface area contributed by atoms with Crippen molar-refractivity contribution in [2.45, 2.75) is 14.9 Å². The minimum absolute atomic E-state index is 0.233. The Balaban J connectivity index is 1.53. The number of thioether (sulfide) groups is 1. The highest BCUT2D eigenvalue weighted by Gasteiger charge is 2.29. The Morgan fingerprint density at radius 1 is 0.867 bits per heavy atom. The van der Waals surface area contributed by atoms with Crippen LogP contribution in [0.3, 0.4) is 0 Å². The smallest absolute Gasteiger partial charge is 0.298 e. The lowest BCUT2D eigenvalue weighted by Crippen LogP contribution is -2.25.